The van der Waals surface area contributed by atoms with E-state index in [1.54, 1.807) is 19.0 Å². The van der Waals surface area contributed by atoms with Gasteiger partial charge in [0.25, 0.3) is 0 Å². The Bertz CT molecular complexity index is 680. The number of carbonyl (C=O) groups is 2. The van der Waals surface area contributed by atoms with Gasteiger partial charge in [0.15, 0.2) is 11.5 Å². The van der Waals surface area contributed by atoms with Gasteiger partial charge in [-0.3, -0.25) is 9.69 Å². The second-order valence-electron chi connectivity index (χ2n) is 7.08. The van der Waals surface area contributed by atoms with Gasteiger partial charge in [0, 0.05) is 33.7 Å². The van der Waals surface area contributed by atoms with Crippen molar-refractivity contribution in [2.45, 2.75) is 31.8 Å². The molecule has 148 valence electrons. The number of carbonyl (C=O) groups excluding carboxylic acids is 2. The molecular weight excluding hydrogens is 348 g/mol. The topological polar surface area (TPSA) is 83.1 Å². The summed E-state index contributed by atoms with van der Waals surface area (Å²) in [4.78, 5) is 28.0. The number of hydrogen-bond acceptors (Lipinski definition) is 5. The monoisotopic (exact) mass is 376 g/mol. The molecule has 1 atom stereocenters. The minimum Gasteiger partial charge on any atom is -0.454 e. The number of nitrogens with zero attached hydrogens (tertiary/aromatic N) is 2. The maximum atomic E-state index is 12.2. The van der Waals surface area contributed by atoms with Crippen molar-refractivity contribution in [1.82, 2.24) is 20.4 Å². The van der Waals surface area contributed by atoms with Crippen molar-refractivity contribution >= 4 is 11.9 Å². The number of urea groups is 1. The molecule has 3 amide bonds. The maximum absolute atomic E-state index is 12.2. The van der Waals surface area contributed by atoms with Crippen LogP contribution in [-0.2, 0) is 11.3 Å². The zero-order chi connectivity index (χ0) is 19.2. The molecule has 0 bridgehead atoms. The van der Waals surface area contributed by atoms with E-state index < -0.39 is 0 Å². The molecule has 0 spiro atoms. The molecule has 0 saturated carbocycles. The number of hydrogen-bond donors (Lipinski definition) is 2. The second-order valence-corrected chi connectivity index (χ2v) is 7.08. The predicted molar refractivity (Wildman–Crippen MR) is 101 cm³/mol. The summed E-state index contributed by atoms with van der Waals surface area (Å²) in [5, 5.41) is 5.71. The fourth-order valence-electron chi connectivity index (χ4n) is 3.45. The van der Waals surface area contributed by atoms with E-state index in [1.165, 1.54) is 0 Å². The fourth-order valence-corrected chi connectivity index (χ4v) is 3.45. The number of amides is 3. The van der Waals surface area contributed by atoms with Gasteiger partial charge in [-0.05, 0) is 43.5 Å². The molecule has 1 fully saturated rings. The molecule has 27 heavy (non-hydrogen) atoms. The van der Waals surface area contributed by atoms with Crippen LogP contribution in [0.15, 0.2) is 18.2 Å². The normalized spacial score (nSPS) is 18.4. The van der Waals surface area contributed by atoms with E-state index in [1.807, 2.05) is 18.2 Å². The Morgan fingerprint density at radius 1 is 1.22 bits per heavy atom. The number of benzene rings is 1. The Balaban J connectivity index is 1.33. The van der Waals surface area contributed by atoms with Crippen molar-refractivity contribution in [1.29, 1.82) is 0 Å². The molecule has 2 aliphatic heterocycles. The van der Waals surface area contributed by atoms with Gasteiger partial charge < -0.3 is 25.0 Å². The lowest BCUT2D eigenvalue weighted by molar-refractivity contribution is -0.133. The van der Waals surface area contributed by atoms with E-state index in [0.717, 1.165) is 43.7 Å². The van der Waals surface area contributed by atoms with Crippen molar-refractivity contribution in [3.63, 3.8) is 0 Å². The Kier molecular flexibility index (Phi) is 6.39. The third-order valence-corrected chi connectivity index (χ3v) is 4.89. The third-order valence-electron chi connectivity index (χ3n) is 4.89. The summed E-state index contributed by atoms with van der Waals surface area (Å²) in [6, 6.07) is 5.41. The molecule has 8 heteroatoms. The number of ether oxygens (including phenoxy) is 2. The Morgan fingerprint density at radius 2 is 2.04 bits per heavy atom. The summed E-state index contributed by atoms with van der Waals surface area (Å²) in [5.41, 5.74) is 0.955. The van der Waals surface area contributed by atoms with E-state index >= 15 is 0 Å². The van der Waals surface area contributed by atoms with Gasteiger partial charge in [0.05, 0.1) is 6.04 Å². The first-order valence-electron chi connectivity index (χ1n) is 9.40. The van der Waals surface area contributed by atoms with Crippen LogP contribution in [0.3, 0.4) is 0 Å². The quantitative estimate of drug-likeness (QED) is 0.698. The van der Waals surface area contributed by atoms with Gasteiger partial charge in [-0.2, -0.15) is 0 Å². The number of nitrogens with one attached hydrogen (secondary N) is 2. The second kappa shape index (κ2) is 8.94. The molecule has 1 aromatic rings. The minimum atomic E-state index is -0.199. The van der Waals surface area contributed by atoms with Crippen LogP contribution in [0.4, 0.5) is 4.79 Å². The fraction of sp³-hybridized carbons (Fsp3) is 0.579. The van der Waals surface area contributed by atoms with Crippen molar-refractivity contribution in [2.75, 3.05) is 40.5 Å². The highest BCUT2D eigenvalue weighted by atomic mass is 16.7. The van der Waals surface area contributed by atoms with Crippen molar-refractivity contribution in [2.24, 2.45) is 0 Å². The number of likely N-dealkylation sites (tertiary alicyclic amines) is 1. The first-order chi connectivity index (χ1) is 13.0. The molecular formula is C19H28N4O4. The first-order valence-corrected chi connectivity index (χ1v) is 9.40. The molecule has 2 N–H and O–H groups in total. The molecule has 0 aromatic heterocycles. The molecule has 2 aliphatic rings. The smallest absolute Gasteiger partial charge is 0.315 e. The standard InChI is InChI=1S/C19H28N4O4/c1-22(2)18(24)15-5-3-9-23(15)10-4-8-20-19(25)21-12-14-6-7-16-17(11-14)27-13-26-16/h6-7,11,15H,3-5,8-10,12-13H2,1-2H3,(H2,20,21,25)/t15-/m1/s1. The molecule has 2 heterocycles. The van der Waals surface area contributed by atoms with Crippen LogP contribution in [-0.4, -0.2) is 68.3 Å². The van der Waals surface area contributed by atoms with Crippen molar-refractivity contribution in [3.8, 4) is 11.5 Å². The van der Waals surface area contributed by atoms with Gasteiger partial charge in [0.2, 0.25) is 12.7 Å². The van der Waals surface area contributed by atoms with Crippen LogP contribution in [0, 0.1) is 0 Å². The van der Waals surface area contributed by atoms with Crippen molar-refractivity contribution in [3.05, 3.63) is 23.8 Å². The SMILES string of the molecule is CN(C)C(=O)[C@H]1CCCN1CCCNC(=O)NCc1ccc2c(c1)OCO2. The lowest BCUT2D eigenvalue weighted by Gasteiger charge is -2.26. The molecule has 0 unspecified atom stereocenters. The predicted octanol–water partition coefficient (Wildman–Crippen LogP) is 1.16. The van der Waals surface area contributed by atoms with E-state index in [2.05, 4.69) is 15.5 Å². The van der Waals surface area contributed by atoms with Gasteiger partial charge >= 0.3 is 6.03 Å². The zero-order valence-corrected chi connectivity index (χ0v) is 16.0. The highest BCUT2D eigenvalue weighted by Crippen LogP contribution is 2.32. The van der Waals surface area contributed by atoms with Crippen LogP contribution < -0.4 is 20.1 Å². The summed E-state index contributed by atoms with van der Waals surface area (Å²) in [5.74, 6) is 1.61. The van der Waals surface area contributed by atoms with E-state index in [9.17, 15) is 9.59 Å². The van der Waals surface area contributed by atoms with E-state index in [-0.39, 0.29) is 24.8 Å². The lowest BCUT2D eigenvalue weighted by Crippen LogP contribution is -2.43. The summed E-state index contributed by atoms with van der Waals surface area (Å²) in [6.45, 7) is 3.00. The highest BCUT2D eigenvalue weighted by Gasteiger charge is 2.30. The van der Waals surface area contributed by atoms with Crippen LogP contribution in [0.1, 0.15) is 24.8 Å². The maximum Gasteiger partial charge on any atom is 0.315 e. The Labute approximate surface area is 159 Å². The van der Waals surface area contributed by atoms with Gasteiger partial charge in [-0.25, -0.2) is 4.79 Å². The molecule has 1 aromatic carbocycles. The highest BCUT2D eigenvalue weighted by molar-refractivity contribution is 5.81. The lowest BCUT2D eigenvalue weighted by atomic mass is 10.2. The molecule has 0 aliphatic carbocycles. The first kappa shape index (κ1) is 19.3. The molecule has 3 rings (SSSR count). The van der Waals surface area contributed by atoms with Crippen LogP contribution >= 0.6 is 0 Å². The van der Waals surface area contributed by atoms with E-state index in [0.29, 0.717) is 18.8 Å². The van der Waals surface area contributed by atoms with Gasteiger partial charge in [-0.15, -0.1) is 0 Å². The van der Waals surface area contributed by atoms with Gasteiger partial charge in [-0.1, -0.05) is 6.07 Å². The van der Waals surface area contributed by atoms with Crippen LogP contribution in [0.25, 0.3) is 0 Å². The summed E-state index contributed by atoms with van der Waals surface area (Å²) in [6.07, 6.45) is 2.78. The third kappa shape index (κ3) is 5.03. The van der Waals surface area contributed by atoms with Crippen LogP contribution in [0.2, 0.25) is 0 Å². The van der Waals surface area contributed by atoms with E-state index in [4.69, 9.17) is 9.47 Å². The van der Waals surface area contributed by atoms with Gasteiger partial charge in [0.1, 0.15) is 0 Å². The summed E-state index contributed by atoms with van der Waals surface area (Å²) in [7, 11) is 3.59. The largest absolute Gasteiger partial charge is 0.454 e. The average molecular weight is 376 g/mol. The molecule has 0 radical (unpaired) electrons. The van der Waals surface area contributed by atoms with Crippen LogP contribution in [0.5, 0.6) is 11.5 Å². The Hall–Kier alpha value is -2.48. The number of likely N-dealkylation sites (N-methyl/N-ethyl adjacent to an activating group) is 1. The minimum absolute atomic E-state index is 0.0140. The average Bonchev–Trinajstić information content (AvgIpc) is 3.31. The number of rotatable bonds is 7. The van der Waals surface area contributed by atoms with Crippen molar-refractivity contribution < 1.29 is 19.1 Å². The number of fused-ring (bicyclic) bond motifs is 1. The molecule has 8 nitrogen and oxygen atoms in total. The summed E-state index contributed by atoms with van der Waals surface area (Å²) >= 11 is 0. The Morgan fingerprint density at radius 3 is 2.85 bits per heavy atom. The molecule has 1 saturated heterocycles. The summed E-state index contributed by atoms with van der Waals surface area (Å²) < 4.78 is 10.6. The zero-order valence-electron chi connectivity index (χ0n) is 16.0.